The number of carbonyl (C=O) groups excluding carboxylic acids is 2. The highest BCUT2D eigenvalue weighted by Crippen LogP contribution is 2.47. The lowest BCUT2D eigenvalue weighted by Gasteiger charge is -2.37. The number of aromatic nitrogens is 2. The first-order valence-corrected chi connectivity index (χ1v) is 12.0. The Morgan fingerprint density at radius 2 is 1.92 bits per heavy atom. The topological polar surface area (TPSA) is 123 Å². The van der Waals surface area contributed by atoms with E-state index in [1.54, 1.807) is 24.7 Å². The molecule has 1 saturated heterocycles. The molecule has 186 valence electrons. The lowest BCUT2D eigenvalue weighted by atomic mass is 9.84. The van der Waals surface area contributed by atoms with Gasteiger partial charge >= 0.3 is 0 Å². The Labute approximate surface area is 208 Å². The molecule has 0 radical (unpaired) electrons. The molecule has 9 nitrogen and oxygen atoms in total. The van der Waals surface area contributed by atoms with Gasteiger partial charge in [-0.05, 0) is 54.4 Å². The number of nitrogens with zero attached hydrogens (tertiary/aromatic N) is 2. The van der Waals surface area contributed by atoms with Crippen LogP contribution in [0.5, 0.6) is 5.75 Å². The Morgan fingerprint density at radius 3 is 2.69 bits per heavy atom. The molecule has 36 heavy (non-hydrogen) atoms. The van der Waals surface area contributed by atoms with Gasteiger partial charge in [-0.25, -0.2) is 0 Å². The number of benzene rings is 1. The molecular formula is C27H28N4O5. The predicted octanol–water partition coefficient (Wildman–Crippen LogP) is 2.36. The number of fused-ring (bicyclic) bond motifs is 3. The summed E-state index contributed by atoms with van der Waals surface area (Å²) in [6.45, 7) is 0.132. The number of aliphatic hydroxyl groups is 1. The van der Waals surface area contributed by atoms with Crippen LogP contribution in [-0.2, 0) is 27.3 Å². The Hall–Kier alpha value is -3.82. The average Bonchev–Trinajstić information content (AvgIpc) is 3.26. The summed E-state index contributed by atoms with van der Waals surface area (Å²) < 4.78 is 12.2. The molecule has 4 heterocycles. The number of anilines is 1. The first-order chi connectivity index (χ1) is 17.6. The van der Waals surface area contributed by atoms with Gasteiger partial charge in [-0.2, -0.15) is 0 Å². The molecule has 3 N–H and O–H groups in total. The number of hydrogen-bond donors (Lipinski definition) is 3. The van der Waals surface area contributed by atoms with Gasteiger partial charge in [0.05, 0.1) is 37.8 Å². The van der Waals surface area contributed by atoms with E-state index in [0.717, 1.165) is 16.8 Å². The van der Waals surface area contributed by atoms with Crippen molar-refractivity contribution < 1.29 is 24.2 Å². The molecule has 0 unspecified atom stereocenters. The molecule has 3 aromatic rings. The van der Waals surface area contributed by atoms with Gasteiger partial charge in [0.25, 0.3) is 0 Å². The Kier molecular flexibility index (Phi) is 7.20. The van der Waals surface area contributed by atoms with Gasteiger partial charge in [0.2, 0.25) is 11.8 Å². The number of rotatable bonds is 8. The molecule has 0 aliphatic carbocycles. The molecule has 0 spiro atoms. The first-order valence-electron chi connectivity index (χ1n) is 12.0. The monoisotopic (exact) mass is 488 g/mol. The smallest absolute Gasteiger partial charge is 0.228 e. The fourth-order valence-corrected chi connectivity index (χ4v) is 4.83. The van der Waals surface area contributed by atoms with E-state index >= 15 is 0 Å². The summed E-state index contributed by atoms with van der Waals surface area (Å²) in [5, 5.41) is 15.8. The van der Waals surface area contributed by atoms with Crippen LogP contribution in [0.2, 0.25) is 0 Å². The summed E-state index contributed by atoms with van der Waals surface area (Å²) >= 11 is 0. The second-order valence-electron chi connectivity index (χ2n) is 9.04. The summed E-state index contributed by atoms with van der Waals surface area (Å²) in [5.74, 6) is 0.382. The molecule has 5 rings (SSSR count). The highest BCUT2D eigenvalue weighted by atomic mass is 16.6. The van der Waals surface area contributed by atoms with E-state index in [1.165, 1.54) is 0 Å². The molecule has 2 amide bonds. The number of hydrogen-bond acceptors (Lipinski definition) is 7. The van der Waals surface area contributed by atoms with Gasteiger partial charge in [0.1, 0.15) is 18.0 Å². The van der Waals surface area contributed by atoms with Crippen molar-refractivity contribution in [1.29, 1.82) is 0 Å². The molecule has 0 bridgehead atoms. The Balaban J connectivity index is 1.24. The molecule has 1 fully saturated rings. The van der Waals surface area contributed by atoms with Crippen LogP contribution in [0.1, 0.15) is 35.6 Å². The van der Waals surface area contributed by atoms with E-state index in [2.05, 4.69) is 20.6 Å². The number of ether oxygens (including phenoxy) is 2. The molecular weight excluding hydrogens is 460 g/mol. The molecule has 1 aromatic carbocycles. The zero-order valence-electron chi connectivity index (χ0n) is 19.7. The first kappa shape index (κ1) is 23.9. The van der Waals surface area contributed by atoms with Gasteiger partial charge < -0.3 is 25.2 Å². The molecule has 2 aliphatic rings. The molecule has 0 saturated carbocycles. The van der Waals surface area contributed by atoms with E-state index < -0.39 is 6.10 Å². The summed E-state index contributed by atoms with van der Waals surface area (Å²) in [7, 11) is 0. The van der Waals surface area contributed by atoms with Crippen molar-refractivity contribution in [3.05, 3.63) is 83.9 Å². The van der Waals surface area contributed by atoms with Crippen LogP contribution < -0.4 is 15.4 Å². The maximum absolute atomic E-state index is 12.6. The fraction of sp³-hybridized carbons (Fsp3) is 0.333. The fourth-order valence-electron chi connectivity index (χ4n) is 4.83. The van der Waals surface area contributed by atoms with Crippen LogP contribution in [0.15, 0.2) is 67.1 Å². The highest BCUT2D eigenvalue weighted by Gasteiger charge is 2.46. The SMILES string of the molecule is O=C(C[C@@H]1C[C@H]2c3cc(NC(=O)Cc4ccncc4)ccc3O[C@H]2[C@H](CO)O1)NCc1ccccn1. The number of carbonyl (C=O) groups is 2. The van der Waals surface area contributed by atoms with E-state index in [1.807, 2.05) is 42.5 Å². The minimum atomic E-state index is -0.547. The quantitative estimate of drug-likeness (QED) is 0.445. The summed E-state index contributed by atoms with van der Waals surface area (Å²) in [6.07, 6.45) is 4.73. The van der Waals surface area contributed by atoms with Crippen molar-refractivity contribution in [2.24, 2.45) is 0 Å². The second kappa shape index (κ2) is 10.8. The number of nitrogens with one attached hydrogen (secondary N) is 2. The van der Waals surface area contributed by atoms with E-state index in [-0.39, 0.29) is 49.4 Å². The zero-order chi connectivity index (χ0) is 24.9. The number of amides is 2. The van der Waals surface area contributed by atoms with E-state index in [0.29, 0.717) is 24.4 Å². The van der Waals surface area contributed by atoms with Crippen LogP contribution in [0.4, 0.5) is 5.69 Å². The van der Waals surface area contributed by atoms with Gasteiger partial charge in [-0.15, -0.1) is 0 Å². The third-order valence-electron chi connectivity index (χ3n) is 6.50. The molecule has 9 heteroatoms. The van der Waals surface area contributed by atoms with Crippen LogP contribution in [0.3, 0.4) is 0 Å². The normalized spacial score (nSPS) is 22.1. The van der Waals surface area contributed by atoms with Crippen LogP contribution >= 0.6 is 0 Å². The minimum absolute atomic E-state index is 0.0588. The van der Waals surface area contributed by atoms with Crippen LogP contribution in [0, 0.1) is 0 Å². The van der Waals surface area contributed by atoms with Gasteiger partial charge in [0, 0.05) is 35.8 Å². The molecule has 4 atom stereocenters. The standard InChI is InChI=1S/C27H28N4O5/c32-16-24-27-22(13-20(35-24)14-25(33)30-15-19-3-1-2-8-29-19)21-12-18(4-5-23(21)36-27)31-26(34)11-17-6-9-28-10-7-17/h1-10,12,20,22,24,27,32H,11,13-16H2,(H,30,33)(H,31,34)/t20-,22-,24-,27+/m0/s1. The van der Waals surface area contributed by atoms with Crippen molar-refractivity contribution in [3.63, 3.8) is 0 Å². The van der Waals surface area contributed by atoms with Gasteiger partial charge in [-0.1, -0.05) is 6.07 Å². The van der Waals surface area contributed by atoms with Crippen LogP contribution in [0.25, 0.3) is 0 Å². The summed E-state index contributed by atoms with van der Waals surface area (Å²) in [6, 6.07) is 14.7. The van der Waals surface area contributed by atoms with Crippen molar-refractivity contribution in [2.75, 3.05) is 11.9 Å². The average molecular weight is 489 g/mol. The van der Waals surface area contributed by atoms with Crippen molar-refractivity contribution >= 4 is 17.5 Å². The van der Waals surface area contributed by atoms with E-state index in [9.17, 15) is 14.7 Å². The number of aliphatic hydroxyl groups excluding tert-OH is 1. The maximum Gasteiger partial charge on any atom is 0.228 e. The molecule has 2 aromatic heterocycles. The zero-order valence-corrected chi connectivity index (χ0v) is 19.7. The largest absolute Gasteiger partial charge is 0.487 e. The van der Waals surface area contributed by atoms with Gasteiger partial charge in [0.15, 0.2) is 0 Å². The van der Waals surface area contributed by atoms with Crippen molar-refractivity contribution in [1.82, 2.24) is 15.3 Å². The molecule has 2 aliphatic heterocycles. The Bertz CT molecular complexity index is 1210. The third-order valence-corrected chi connectivity index (χ3v) is 6.50. The van der Waals surface area contributed by atoms with Crippen molar-refractivity contribution in [3.8, 4) is 5.75 Å². The second-order valence-corrected chi connectivity index (χ2v) is 9.04. The lowest BCUT2D eigenvalue weighted by molar-refractivity contribution is -0.142. The number of pyridine rings is 2. The summed E-state index contributed by atoms with van der Waals surface area (Å²) in [5.41, 5.74) is 3.28. The lowest BCUT2D eigenvalue weighted by Crippen LogP contribution is -2.47. The minimum Gasteiger partial charge on any atom is -0.487 e. The maximum atomic E-state index is 12.6. The summed E-state index contributed by atoms with van der Waals surface area (Å²) in [4.78, 5) is 33.3. The highest BCUT2D eigenvalue weighted by molar-refractivity contribution is 5.92. The predicted molar refractivity (Wildman–Crippen MR) is 131 cm³/mol. The van der Waals surface area contributed by atoms with Gasteiger partial charge in [-0.3, -0.25) is 19.6 Å². The Morgan fingerprint density at radius 1 is 1.06 bits per heavy atom. The van der Waals surface area contributed by atoms with E-state index in [4.69, 9.17) is 9.47 Å². The van der Waals surface area contributed by atoms with Crippen LogP contribution in [-0.4, -0.2) is 51.8 Å². The van der Waals surface area contributed by atoms with Crippen molar-refractivity contribution in [2.45, 2.75) is 50.0 Å². The third kappa shape index (κ3) is 5.53.